The van der Waals surface area contributed by atoms with E-state index in [0.717, 1.165) is 16.6 Å². The quantitative estimate of drug-likeness (QED) is 0.589. The third-order valence-electron chi connectivity index (χ3n) is 4.00. The number of hydrogen-bond acceptors (Lipinski definition) is 7. The molecule has 0 spiro atoms. The largest absolute Gasteiger partial charge is 0.465 e. The third-order valence-corrected chi connectivity index (χ3v) is 6.37. The van der Waals surface area contributed by atoms with Crippen molar-refractivity contribution in [2.45, 2.75) is 26.7 Å². The fourth-order valence-electron chi connectivity index (χ4n) is 2.67. The molecule has 3 rings (SSSR count). The van der Waals surface area contributed by atoms with Crippen LogP contribution in [-0.2, 0) is 14.8 Å². The van der Waals surface area contributed by atoms with E-state index in [1.165, 1.54) is 18.4 Å². The number of esters is 1. The summed E-state index contributed by atoms with van der Waals surface area (Å²) in [7, 11) is -2.35. The molecule has 0 amide bonds. The molecule has 1 N–H and O–H groups in total. The van der Waals surface area contributed by atoms with Crippen LogP contribution in [0.1, 0.15) is 35.9 Å². The number of aromatic nitrogens is 1. The van der Waals surface area contributed by atoms with Crippen molar-refractivity contribution in [1.82, 2.24) is 4.98 Å². The Kier molecular flexibility index (Phi) is 5.52. The highest BCUT2D eigenvalue weighted by molar-refractivity contribution is 7.92. The smallest absolute Gasteiger partial charge is 0.342 e. The molecule has 0 aliphatic rings. The van der Waals surface area contributed by atoms with Crippen molar-refractivity contribution in [2.75, 3.05) is 17.6 Å². The summed E-state index contributed by atoms with van der Waals surface area (Å²) in [6.07, 6.45) is 1.27. The van der Waals surface area contributed by atoms with Crippen molar-refractivity contribution in [3.8, 4) is 10.6 Å². The van der Waals surface area contributed by atoms with Crippen LogP contribution >= 0.6 is 11.3 Å². The zero-order chi connectivity index (χ0) is 19.6. The van der Waals surface area contributed by atoms with E-state index in [0.29, 0.717) is 17.0 Å². The summed E-state index contributed by atoms with van der Waals surface area (Å²) in [5.74, 6) is -0.382. The van der Waals surface area contributed by atoms with Crippen molar-refractivity contribution in [1.29, 1.82) is 0 Å². The first-order valence-corrected chi connectivity index (χ1v) is 10.9. The summed E-state index contributed by atoms with van der Waals surface area (Å²) in [6, 6.07) is 7.51. The first-order chi connectivity index (χ1) is 12.9. The molecule has 3 aromatic rings. The summed E-state index contributed by atoms with van der Waals surface area (Å²) >= 11 is 1.35. The van der Waals surface area contributed by atoms with E-state index in [9.17, 15) is 13.2 Å². The average molecular weight is 409 g/mol. The second kappa shape index (κ2) is 7.69. The molecule has 0 bridgehead atoms. The predicted octanol–water partition coefficient (Wildman–Crippen LogP) is 4.19. The standard InChI is InChI=1S/C18H20N2O5S2/c1-4-5-10-27(22,23)20-16-15(14(11(2)25-16)18(21)24-3)17-19-12-8-6-7-9-13(12)26-17/h6-9,20H,4-5,10H2,1-3H3. The molecule has 0 atom stereocenters. The molecule has 2 heterocycles. The highest BCUT2D eigenvalue weighted by Gasteiger charge is 2.29. The lowest BCUT2D eigenvalue weighted by molar-refractivity contribution is 0.0599. The second-order valence-electron chi connectivity index (χ2n) is 5.99. The van der Waals surface area contributed by atoms with Crippen LogP contribution in [0.15, 0.2) is 28.7 Å². The summed E-state index contributed by atoms with van der Waals surface area (Å²) < 4.78 is 38.6. The predicted molar refractivity (Wildman–Crippen MR) is 106 cm³/mol. The van der Waals surface area contributed by atoms with E-state index < -0.39 is 16.0 Å². The van der Waals surface area contributed by atoms with E-state index in [-0.39, 0.29) is 23.0 Å². The summed E-state index contributed by atoms with van der Waals surface area (Å²) in [4.78, 5) is 16.9. The van der Waals surface area contributed by atoms with Crippen molar-refractivity contribution in [3.05, 3.63) is 35.6 Å². The lowest BCUT2D eigenvalue weighted by Gasteiger charge is -2.06. The minimum atomic E-state index is -3.61. The Morgan fingerprint density at radius 3 is 2.74 bits per heavy atom. The molecular formula is C18H20N2O5S2. The molecule has 0 saturated heterocycles. The molecule has 2 aromatic heterocycles. The number of sulfonamides is 1. The highest BCUT2D eigenvalue weighted by Crippen LogP contribution is 2.41. The molecule has 27 heavy (non-hydrogen) atoms. The van der Waals surface area contributed by atoms with E-state index in [1.54, 1.807) is 6.92 Å². The molecule has 0 fully saturated rings. The Morgan fingerprint density at radius 1 is 1.33 bits per heavy atom. The number of thiazole rings is 1. The van der Waals surface area contributed by atoms with Crippen molar-refractivity contribution >= 4 is 43.4 Å². The molecule has 0 unspecified atom stereocenters. The van der Waals surface area contributed by atoms with Gasteiger partial charge in [0.1, 0.15) is 16.3 Å². The number of furan rings is 1. The maximum Gasteiger partial charge on any atom is 0.342 e. The second-order valence-corrected chi connectivity index (χ2v) is 8.86. The Hall–Kier alpha value is -2.39. The van der Waals surface area contributed by atoms with Crippen molar-refractivity contribution in [2.24, 2.45) is 0 Å². The number of fused-ring (bicyclic) bond motifs is 1. The number of benzene rings is 1. The van der Waals surface area contributed by atoms with E-state index >= 15 is 0 Å². The normalized spacial score (nSPS) is 11.7. The fraction of sp³-hybridized carbons (Fsp3) is 0.333. The maximum absolute atomic E-state index is 12.4. The van der Waals surface area contributed by atoms with Gasteiger partial charge in [0, 0.05) is 0 Å². The first-order valence-electron chi connectivity index (χ1n) is 8.44. The van der Waals surface area contributed by atoms with Gasteiger partial charge in [-0.05, 0) is 25.5 Å². The van der Waals surface area contributed by atoms with Crippen LogP contribution in [0, 0.1) is 6.92 Å². The average Bonchev–Trinajstić information content (AvgIpc) is 3.19. The number of methoxy groups -OCH3 is 1. The Labute approximate surface area is 161 Å². The number of carbonyl (C=O) groups excluding carboxylic acids is 1. The van der Waals surface area contributed by atoms with Crippen LogP contribution in [0.25, 0.3) is 20.8 Å². The number of hydrogen-bond donors (Lipinski definition) is 1. The molecule has 0 aliphatic heterocycles. The minimum absolute atomic E-state index is 0.0111. The molecule has 7 nitrogen and oxygen atoms in total. The van der Waals surface area contributed by atoms with Gasteiger partial charge < -0.3 is 9.15 Å². The third kappa shape index (κ3) is 3.98. The minimum Gasteiger partial charge on any atom is -0.465 e. The molecule has 144 valence electrons. The topological polar surface area (TPSA) is 98.5 Å². The summed E-state index contributed by atoms with van der Waals surface area (Å²) in [6.45, 7) is 3.50. The van der Waals surface area contributed by atoms with Crippen LogP contribution in [0.4, 0.5) is 5.88 Å². The number of anilines is 1. The van der Waals surface area contributed by atoms with Crippen LogP contribution in [0.3, 0.4) is 0 Å². The van der Waals surface area contributed by atoms with Gasteiger partial charge in [0.15, 0.2) is 0 Å². The molecule has 1 aromatic carbocycles. The van der Waals surface area contributed by atoms with Crippen LogP contribution < -0.4 is 4.72 Å². The van der Waals surface area contributed by atoms with Gasteiger partial charge >= 0.3 is 5.97 Å². The summed E-state index contributed by atoms with van der Waals surface area (Å²) in [5.41, 5.74) is 1.23. The zero-order valence-electron chi connectivity index (χ0n) is 15.2. The molecule has 9 heteroatoms. The number of rotatable bonds is 7. The Morgan fingerprint density at radius 2 is 2.07 bits per heavy atom. The van der Waals surface area contributed by atoms with Crippen molar-refractivity contribution < 1.29 is 22.4 Å². The van der Waals surface area contributed by atoms with Gasteiger partial charge in [-0.1, -0.05) is 25.5 Å². The van der Waals surface area contributed by atoms with Gasteiger partial charge in [0.2, 0.25) is 15.9 Å². The van der Waals surface area contributed by atoms with E-state index in [4.69, 9.17) is 9.15 Å². The van der Waals surface area contributed by atoms with Gasteiger partial charge in [0.05, 0.1) is 28.6 Å². The SMILES string of the molecule is CCCCS(=O)(=O)Nc1oc(C)c(C(=O)OC)c1-c1nc2ccccc2s1. The number of carbonyl (C=O) groups is 1. The van der Waals surface area contributed by atoms with Crippen molar-refractivity contribution in [3.63, 3.8) is 0 Å². The molecule has 0 radical (unpaired) electrons. The maximum atomic E-state index is 12.4. The van der Waals surface area contributed by atoms with Gasteiger partial charge in [-0.3, -0.25) is 4.72 Å². The monoisotopic (exact) mass is 408 g/mol. The van der Waals surface area contributed by atoms with Gasteiger partial charge in [-0.15, -0.1) is 11.3 Å². The number of nitrogens with zero attached hydrogens (tertiary/aromatic N) is 1. The summed E-state index contributed by atoms with van der Waals surface area (Å²) in [5, 5.41) is 0.488. The Balaban J connectivity index is 2.15. The first kappa shape index (κ1) is 19.4. The van der Waals surface area contributed by atoms with Gasteiger partial charge in [-0.25, -0.2) is 18.2 Å². The van der Waals surface area contributed by atoms with E-state index in [2.05, 4.69) is 9.71 Å². The number of para-hydroxylation sites is 1. The van der Waals surface area contributed by atoms with Gasteiger partial charge in [0.25, 0.3) is 0 Å². The van der Waals surface area contributed by atoms with Gasteiger partial charge in [-0.2, -0.15) is 0 Å². The zero-order valence-corrected chi connectivity index (χ0v) is 16.9. The fourth-order valence-corrected chi connectivity index (χ4v) is 4.89. The lowest BCUT2D eigenvalue weighted by Crippen LogP contribution is -2.16. The van der Waals surface area contributed by atoms with Crippen LogP contribution in [0.2, 0.25) is 0 Å². The number of unbranched alkanes of at least 4 members (excludes halogenated alkanes) is 1. The lowest BCUT2D eigenvalue weighted by atomic mass is 10.1. The number of aryl methyl sites for hydroxylation is 1. The highest BCUT2D eigenvalue weighted by atomic mass is 32.2. The number of nitrogens with one attached hydrogen (secondary N) is 1. The molecule has 0 saturated carbocycles. The Bertz CT molecular complexity index is 1050. The molecular weight excluding hydrogens is 388 g/mol. The van der Waals surface area contributed by atoms with E-state index in [1.807, 2.05) is 31.2 Å². The number of ether oxygens (including phenoxy) is 1. The van der Waals surface area contributed by atoms with Crippen LogP contribution in [-0.4, -0.2) is 32.2 Å². The van der Waals surface area contributed by atoms with Crippen LogP contribution in [0.5, 0.6) is 0 Å². The molecule has 0 aliphatic carbocycles.